The lowest BCUT2D eigenvalue weighted by Gasteiger charge is -2.11. The van der Waals surface area contributed by atoms with Gasteiger partial charge in [-0.15, -0.1) is 0 Å². The maximum Gasteiger partial charge on any atom is 0.267 e. The molecular formula is C19H13Cl2N3O4. The number of carbonyl (C=O) groups is 2. The van der Waals surface area contributed by atoms with Crippen LogP contribution < -0.4 is 20.1 Å². The average molecular weight is 418 g/mol. The minimum absolute atomic E-state index is 0.0973. The number of halogens is 2. The Morgan fingerprint density at radius 3 is 2.50 bits per heavy atom. The number of nitriles is 1. The standard InChI is InChI=1S/C19H13Cl2N3O4/c1-27-14-4-3-10(7-15(14)28-2)23-18(25)12(8-22)16-11-5-9(20)6-13(21)17(11)24-19(16)26/h3-7H,1-2H3,(H,23,25)(H,24,26)/b16-12-. The molecule has 7 nitrogen and oxygen atoms in total. The summed E-state index contributed by atoms with van der Waals surface area (Å²) >= 11 is 12.1. The smallest absolute Gasteiger partial charge is 0.267 e. The fraction of sp³-hybridized carbons (Fsp3) is 0.105. The Hall–Kier alpha value is -3.21. The molecule has 0 aliphatic carbocycles. The number of rotatable bonds is 4. The molecular weight excluding hydrogens is 405 g/mol. The predicted octanol–water partition coefficient (Wildman–Crippen LogP) is 3.88. The summed E-state index contributed by atoms with van der Waals surface area (Å²) in [5.74, 6) is -0.497. The van der Waals surface area contributed by atoms with E-state index in [-0.39, 0.29) is 21.2 Å². The van der Waals surface area contributed by atoms with Crippen molar-refractivity contribution in [2.24, 2.45) is 0 Å². The van der Waals surface area contributed by atoms with Gasteiger partial charge in [0.05, 0.1) is 30.5 Å². The van der Waals surface area contributed by atoms with Gasteiger partial charge in [0, 0.05) is 22.3 Å². The summed E-state index contributed by atoms with van der Waals surface area (Å²) in [6.07, 6.45) is 0. The first kappa shape index (κ1) is 19.5. The van der Waals surface area contributed by atoms with Gasteiger partial charge in [0.25, 0.3) is 11.8 Å². The normalized spacial score (nSPS) is 13.9. The molecule has 0 radical (unpaired) electrons. The van der Waals surface area contributed by atoms with Gasteiger partial charge >= 0.3 is 0 Å². The molecule has 0 saturated heterocycles. The molecule has 142 valence electrons. The lowest BCUT2D eigenvalue weighted by Crippen LogP contribution is -2.17. The fourth-order valence-electron chi connectivity index (χ4n) is 2.77. The molecule has 0 saturated carbocycles. The molecule has 2 N–H and O–H groups in total. The zero-order chi connectivity index (χ0) is 20.4. The Kier molecular flexibility index (Phi) is 5.45. The van der Waals surface area contributed by atoms with Crippen molar-refractivity contribution in [3.8, 4) is 17.6 Å². The number of hydrogen-bond acceptors (Lipinski definition) is 5. The van der Waals surface area contributed by atoms with Crippen molar-refractivity contribution < 1.29 is 19.1 Å². The third-order valence-electron chi connectivity index (χ3n) is 4.02. The molecule has 28 heavy (non-hydrogen) atoms. The van der Waals surface area contributed by atoms with E-state index in [2.05, 4.69) is 10.6 Å². The van der Waals surface area contributed by atoms with Gasteiger partial charge in [-0.1, -0.05) is 23.2 Å². The largest absolute Gasteiger partial charge is 0.493 e. The molecule has 1 aliphatic heterocycles. The second-order valence-corrected chi connectivity index (χ2v) is 6.49. The highest BCUT2D eigenvalue weighted by Crippen LogP contribution is 2.41. The molecule has 9 heteroatoms. The minimum Gasteiger partial charge on any atom is -0.493 e. The Balaban J connectivity index is 2.02. The first-order chi connectivity index (χ1) is 13.4. The number of amides is 2. The van der Waals surface area contributed by atoms with Crippen LogP contribution in [0.1, 0.15) is 5.56 Å². The number of carbonyl (C=O) groups excluding carboxylic acids is 2. The number of hydrogen-bond donors (Lipinski definition) is 2. The van der Waals surface area contributed by atoms with Crippen molar-refractivity contribution in [2.45, 2.75) is 0 Å². The van der Waals surface area contributed by atoms with Crippen LogP contribution in [-0.4, -0.2) is 26.0 Å². The predicted molar refractivity (Wildman–Crippen MR) is 106 cm³/mol. The lowest BCUT2D eigenvalue weighted by atomic mass is 10.0. The van der Waals surface area contributed by atoms with Crippen LogP contribution in [0.2, 0.25) is 10.0 Å². The van der Waals surface area contributed by atoms with Crippen molar-refractivity contribution in [3.05, 3.63) is 51.5 Å². The van der Waals surface area contributed by atoms with E-state index in [1.54, 1.807) is 18.2 Å². The zero-order valence-electron chi connectivity index (χ0n) is 14.7. The number of nitrogens with zero attached hydrogens (tertiary/aromatic N) is 1. The van der Waals surface area contributed by atoms with Crippen molar-refractivity contribution in [2.75, 3.05) is 24.9 Å². The monoisotopic (exact) mass is 417 g/mol. The van der Waals surface area contributed by atoms with Crippen LogP contribution in [-0.2, 0) is 9.59 Å². The van der Waals surface area contributed by atoms with Gasteiger partial charge in [-0.05, 0) is 24.3 Å². The number of nitrogens with one attached hydrogen (secondary N) is 2. The highest BCUT2D eigenvalue weighted by Gasteiger charge is 2.32. The molecule has 0 atom stereocenters. The van der Waals surface area contributed by atoms with Gasteiger partial charge < -0.3 is 20.1 Å². The lowest BCUT2D eigenvalue weighted by molar-refractivity contribution is -0.113. The third kappa shape index (κ3) is 3.48. The maximum atomic E-state index is 12.7. The third-order valence-corrected chi connectivity index (χ3v) is 4.54. The summed E-state index contributed by atoms with van der Waals surface area (Å²) in [4.78, 5) is 25.1. The van der Waals surface area contributed by atoms with Crippen molar-refractivity contribution >= 4 is 52.0 Å². The number of ether oxygens (including phenoxy) is 2. The summed E-state index contributed by atoms with van der Waals surface area (Å²) in [5, 5.41) is 15.2. The molecule has 0 aromatic heterocycles. The quantitative estimate of drug-likeness (QED) is 0.580. The Morgan fingerprint density at radius 2 is 1.86 bits per heavy atom. The van der Waals surface area contributed by atoms with Crippen LogP contribution in [0.25, 0.3) is 5.57 Å². The highest BCUT2D eigenvalue weighted by atomic mass is 35.5. The Morgan fingerprint density at radius 1 is 1.14 bits per heavy atom. The molecule has 1 aliphatic rings. The fourth-order valence-corrected chi connectivity index (χ4v) is 3.31. The summed E-state index contributed by atoms with van der Waals surface area (Å²) in [5.41, 5.74) is 0.488. The molecule has 0 spiro atoms. The Bertz CT molecular complexity index is 1070. The first-order valence-corrected chi connectivity index (χ1v) is 8.63. The van der Waals surface area contributed by atoms with Crippen LogP contribution in [0.4, 0.5) is 11.4 Å². The summed E-state index contributed by atoms with van der Waals surface area (Å²) in [7, 11) is 2.94. The summed E-state index contributed by atoms with van der Waals surface area (Å²) < 4.78 is 10.3. The topological polar surface area (TPSA) is 100 Å². The molecule has 2 aromatic rings. The van der Waals surface area contributed by atoms with Gasteiger partial charge in [0.1, 0.15) is 11.6 Å². The SMILES string of the molecule is COc1ccc(NC(=O)/C(C#N)=C2\C(=O)Nc3c(Cl)cc(Cl)cc32)cc1OC. The van der Waals surface area contributed by atoms with E-state index in [9.17, 15) is 14.9 Å². The van der Waals surface area contributed by atoms with Crippen LogP contribution in [0, 0.1) is 11.3 Å². The van der Waals surface area contributed by atoms with Crippen molar-refractivity contribution in [1.29, 1.82) is 5.26 Å². The summed E-state index contributed by atoms with van der Waals surface area (Å²) in [6, 6.07) is 9.43. The van der Waals surface area contributed by atoms with Gasteiger partial charge in [-0.3, -0.25) is 9.59 Å². The molecule has 2 amide bonds. The molecule has 3 rings (SSSR count). The number of benzene rings is 2. The highest BCUT2D eigenvalue weighted by molar-refractivity contribution is 6.43. The molecule has 0 bridgehead atoms. The first-order valence-electron chi connectivity index (χ1n) is 7.88. The van der Waals surface area contributed by atoms with Gasteiger partial charge in [0.2, 0.25) is 0 Å². The summed E-state index contributed by atoms with van der Waals surface area (Å²) in [6.45, 7) is 0. The number of anilines is 2. The second-order valence-electron chi connectivity index (χ2n) is 5.65. The van der Waals surface area contributed by atoms with Crippen molar-refractivity contribution in [1.82, 2.24) is 0 Å². The number of methoxy groups -OCH3 is 2. The second kappa shape index (κ2) is 7.80. The molecule has 0 fully saturated rings. The molecule has 2 aromatic carbocycles. The van der Waals surface area contributed by atoms with E-state index in [0.717, 1.165) is 0 Å². The van der Waals surface area contributed by atoms with Gasteiger partial charge in [-0.25, -0.2) is 0 Å². The van der Waals surface area contributed by atoms with Crippen LogP contribution in [0.5, 0.6) is 11.5 Å². The van der Waals surface area contributed by atoms with Crippen molar-refractivity contribution in [3.63, 3.8) is 0 Å². The van der Waals surface area contributed by atoms with Gasteiger partial charge in [-0.2, -0.15) is 5.26 Å². The number of fused-ring (bicyclic) bond motifs is 1. The molecule has 1 heterocycles. The van der Waals surface area contributed by atoms with E-state index in [4.69, 9.17) is 32.7 Å². The minimum atomic E-state index is -0.760. The molecule has 0 unspecified atom stereocenters. The van der Waals surface area contributed by atoms with E-state index < -0.39 is 11.8 Å². The van der Waals surface area contributed by atoms with E-state index >= 15 is 0 Å². The van der Waals surface area contributed by atoms with Crippen LogP contribution in [0.15, 0.2) is 35.9 Å². The van der Waals surface area contributed by atoms with Crippen LogP contribution >= 0.6 is 23.2 Å². The zero-order valence-corrected chi connectivity index (χ0v) is 16.2. The Labute approximate surface area is 170 Å². The van der Waals surface area contributed by atoms with Crippen LogP contribution in [0.3, 0.4) is 0 Å². The van der Waals surface area contributed by atoms with E-state index in [0.29, 0.717) is 28.4 Å². The van der Waals surface area contributed by atoms with Gasteiger partial charge in [0.15, 0.2) is 11.5 Å². The van der Waals surface area contributed by atoms with E-state index in [1.165, 1.54) is 32.4 Å². The maximum absolute atomic E-state index is 12.7. The van der Waals surface area contributed by atoms with E-state index in [1.807, 2.05) is 0 Å². The average Bonchev–Trinajstić information content (AvgIpc) is 2.99.